The molecule has 0 atom stereocenters. The third kappa shape index (κ3) is 4.26. The van der Waals surface area contributed by atoms with Crippen molar-refractivity contribution in [1.29, 1.82) is 0 Å². The van der Waals surface area contributed by atoms with Gasteiger partial charge in [0.1, 0.15) is 17.5 Å². The van der Waals surface area contributed by atoms with Crippen LogP contribution in [0.3, 0.4) is 0 Å². The number of nitrogens with one attached hydrogen (secondary N) is 2. The summed E-state index contributed by atoms with van der Waals surface area (Å²) < 4.78 is 0. The highest BCUT2D eigenvalue weighted by Gasteiger charge is 1.98. The molecular formula is C9H15N5O. The Kier molecular flexibility index (Phi) is 3.84. The number of anilines is 2. The van der Waals surface area contributed by atoms with Gasteiger partial charge in [-0.2, -0.15) is 0 Å². The number of amides is 1. The lowest BCUT2D eigenvalue weighted by atomic mass is 10.5. The van der Waals surface area contributed by atoms with Crippen molar-refractivity contribution < 1.29 is 4.79 Å². The number of carbonyl (C=O) groups excluding carboxylic acids is 1. The molecule has 4 N–H and O–H groups in total. The number of nitrogen functional groups attached to an aromatic ring is 1. The molecule has 0 aliphatic carbocycles. The first-order valence-corrected chi connectivity index (χ1v) is 4.67. The lowest BCUT2D eigenvalue weighted by molar-refractivity contribution is -0.118. The number of aryl methyl sites for hydroxylation is 1. The van der Waals surface area contributed by atoms with Gasteiger partial charge in [-0.25, -0.2) is 9.97 Å². The van der Waals surface area contributed by atoms with Gasteiger partial charge in [0.2, 0.25) is 5.91 Å². The third-order valence-corrected chi connectivity index (χ3v) is 1.66. The van der Waals surface area contributed by atoms with E-state index in [-0.39, 0.29) is 5.91 Å². The molecule has 1 rings (SSSR count). The molecule has 0 fully saturated rings. The van der Waals surface area contributed by atoms with Gasteiger partial charge in [0.05, 0.1) is 0 Å². The summed E-state index contributed by atoms with van der Waals surface area (Å²) in [6.45, 7) is 4.41. The minimum atomic E-state index is -0.0461. The molecule has 6 nitrogen and oxygen atoms in total. The minimum absolute atomic E-state index is 0.0461. The van der Waals surface area contributed by atoms with E-state index in [1.54, 1.807) is 13.0 Å². The van der Waals surface area contributed by atoms with Crippen molar-refractivity contribution in [2.45, 2.75) is 13.8 Å². The Labute approximate surface area is 88.3 Å². The van der Waals surface area contributed by atoms with Crippen LogP contribution in [-0.2, 0) is 4.79 Å². The zero-order chi connectivity index (χ0) is 11.3. The van der Waals surface area contributed by atoms with Crippen LogP contribution < -0.4 is 16.4 Å². The predicted molar refractivity (Wildman–Crippen MR) is 58.4 cm³/mol. The molecule has 0 aliphatic heterocycles. The normalized spacial score (nSPS) is 9.73. The largest absolute Gasteiger partial charge is 0.384 e. The van der Waals surface area contributed by atoms with E-state index in [0.29, 0.717) is 30.5 Å². The molecule has 0 aliphatic rings. The second kappa shape index (κ2) is 5.14. The Hall–Kier alpha value is -1.85. The molecule has 1 heterocycles. The van der Waals surface area contributed by atoms with Gasteiger partial charge in [-0.05, 0) is 6.92 Å². The molecule has 82 valence electrons. The predicted octanol–water partition coefficient (Wildman–Crippen LogP) is -0.0848. The number of hydrogen-bond acceptors (Lipinski definition) is 5. The summed E-state index contributed by atoms with van der Waals surface area (Å²) in [7, 11) is 0. The molecule has 15 heavy (non-hydrogen) atoms. The molecule has 0 unspecified atom stereocenters. The van der Waals surface area contributed by atoms with E-state index in [9.17, 15) is 4.79 Å². The second-order valence-corrected chi connectivity index (χ2v) is 3.14. The Morgan fingerprint density at radius 1 is 1.47 bits per heavy atom. The average molecular weight is 209 g/mol. The summed E-state index contributed by atoms with van der Waals surface area (Å²) in [4.78, 5) is 18.7. The fourth-order valence-electron chi connectivity index (χ4n) is 1.11. The van der Waals surface area contributed by atoms with E-state index in [1.165, 1.54) is 6.92 Å². The summed E-state index contributed by atoms with van der Waals surface area (Å²) >= 11 is 0. The molecule has 1 aromatic rings. The molecule has 1 aromatic heterocycles. The highest BCUT2D eigenvalue weighted by atomic mass is 16.1. The Morgan fingerprint density at radius 3 is 2.80 bits per heavy atom. The summed E-state index contributed by atoms with van der Waals surface area (Å²) in [6, 6.07) is 1.65. The number of hydrogen-bond donors (Lipinski definition) is 3. The average Bonchev–Trinajstić information content (AvgIpc) is 2.10. The zero-order valence-corrected chi connectivity index (χ0v) is 8.87. The van der Waals surface area contributed by atoms with Gasteiger partial charge in [-0.3, -0.25) is 4.79 Å². The standard InChI is InChI=1S/C9H15N5O/c1-6-13-8(10)5-9(14-6)12-4-3-11-7(2)15/h5H,3-4H2,1-2H3,(H,11,15)(H3,10,12,13,14). The first kappa shape index (κ1) is 11.2. The quantitative estimate of drug-likeness (QED) is 0.603. The van der Waals surface area contributed by atoms with Crippen molar-refractivity contribution in [1.82, 2.24) is 15.3 Å². The summed E-state index contributed by atoms with van der Waals surface area (Å²) in [5.41, 5.74) is 5.55. The minimum Gasteiger partial charge on any atom is -0.384 e. The lowest BCUT2D eigenvalue weighted by Crippen LogP contribution is -2.26. The molecule has 0 bridgehead atoms. The summed E-state index contributed by atoms with van der Waals surface area (Å²) in [5, 5.41) is 5.70. The lowest BCUT2D eigenvalue weighted by Gasteiger charge is -2.06. The summed E-state index contributed by atoms with van der Waals surface area (Å²) in [5.74, 6) is 1.68. The molecule has 0 saturated heterocycles. The molecule has 0 aromatic carbocycles. The van der Waals surface area contributed by atoms with Gasteiger partial charge < -0.3 is 16.4 Å². The van der Waals surface area contributed by atoms with Crippen molar-refractivity contribution in [3.63, 3.8) is 0 Å². The van der Waals surface area contributed by atoms with Crippen LogP contribution in [0.2, 0.25) is 0 Å². The molecule has 0 saturated carbocycles. The van der Waals surface area contributed by atoms with Crippen LogP contribution in [0.4, 0.5) is 11.6 Å². The van der Waals surface area contributed by atoms with E-state index in [1.807, 2.05) is 0 Å². The smallest absolute Gasteiger partial charge is 0.216 e. The Morgan fingerprint density at radius 2 is 2.20 bits per heavy atom. The van der Waals surface area contributed by atoms with Crippen LogP contribution in [-0.4, -0.2) is 29.0 Å². The number of aromatic nitrogens is 2. The highest BCUT2D eigenvalue weighted by Crippen LogP contribution is 2.06. The molecule has 0 spiro atoms. The van der Waals surface area contributed by atoms with E-state index in [4.69, 9.17) is 5.73 Å². The first-order valence-electron chi connectivity index (χ1n) is 4.67. The van der Waals surface area contributed by atoms with Crippen molar-refractivity contribution in [3.8, 4) is 0 Å². The fraction of sp³-hybridized carbons (Fsp3) is 0.444. The van der Waals surface area contributed by atoms with Gasteiger partial charge in [-0.15, -0.1) is 0 Å². The third-order valence-electron chi connectivity index (χ3n) is 1.66. The fourth-order valence-corrected chi connectivity index (χ4v) is 1.11. The number of nitrogens with two attached hydrogens (primary N) is 1. The number of carbonyl (C=O) groups is 1. The van der Waals surface area contributed by atoms with Gasteiger partial charge >= 0.3 is 0 Å². The van der Waals surface area contributed by atoms with Crippen molar-refractivity contribution in [3.05, 3.63) is 11.9 Å². The van der Waals surface area contributed by atoms with Crippen molar-refractivity contribution >= 4 is 17.5 Å². The molecular weight excluding hydrogens is 194 g/mol. The van der Waals surface area contributed by atoms with E-state index < -0.39 is 0 Å². The SMILES string of the molecule is CC(=O)NCCNc1cc(N)nc(C)n1. The maximum absolute atomic E-state index is 10.6. The second-order valence-electron chi connectivity index (χ2n) is 3.14. The van der Waals surface area contributed by atoms with Gasteiger partial charge in [0, 0.05) is 26.1 Å². The van der Waals surface area contributed by atoms with Crippen LogP contribution >= 0.6 is 0 Å². The van der Waals surface area contributed by atoms with Crippen LogP contribution in [0.25, 0.3) is 0 Å². The molecule has 0 radical (unpaired) electrons. The summed E-state index contributed by atoms with van der Waals surface area (Å²) in [6.07, 6.45) is 0. The van der Waals surface area contributed by atoms with Gasteiger partial charge in [-0.1, -0.05) is 0 Å². The van der Waals surface area contributed by atoms with Crippen LogP contribution in [0.5, 0.6) is 0 Å². The van der Waals surface area contributed by atoms with E-state index in [2.05, 4.69) is 20.6 Å². The topological polar surface area (TPSA) is 92.9 Å². The van der Waals surface area contributed by atoms with Crippen LogP contribution in [0.1, 0.15) is 12.7 Å². The van der Waals surface area contributed by atoms with Crippen molar-refractivity contribution in [2.75, 3.05) is 24.1 Å². The maximum atomic E-state index is 10.6. The number of rotatable bonds is 4. The maximum Gasteiger partial charge on any atom is 0.216 e. The molecule has 6 heteroatoms. The van der Waals surface area contributed by atoms with Crippen LogP contribution in [0.15, 0.2) is 6.07 Å². The van der Waals surface area contributed by atoms with Gasteiger partial charge in [0.25, 0.3) is 0 Å². The molecule has 1 amide bonds. The number of nitrogens with zero attached hydrogens (tertiary/aromatic N) is 2. The van der Waals surface area contributed by atoms with Crippen molar-refractivity contribution in [2.24, 2.45) is 0 Å². The Bertz CT molecular complexity index is 332. The van der Waals surface area contributed by atoms with E-state index in [0.717, 1.165) is 0 Å². The Balaban J connectivity index is 2.40. The monoisotopic (exact) mass is 209 g/mol. The zero-order valence-electron chi connectivity index (χ0n) is 8.87. The van der Waals surface area contributed by atoms with E-state index >= 15 is 0 Å². The van der Waals surface area contributed by atoms with Gasteiger partial charge in [0.15, 0.2) is 0 Å². The van der Waals surface area contributed by atoms with Crippen LogP contribution in [0, 0.1) is 6.92 Å². The first-order chi connectivity index (χ1) is 7.08. The highest BCUT2D eigenvalue weighted by molar-refractivity contribution is 5.72.